The fraction of sp³-hybridized carbons (Fsp3) is 0.306. The molecule has 2 N–H and O–H groups in total. The Balaban J connectivity index is 1.51. The van der Waals surface area contributed by atoms with E-state index in [2.05, 4.69) is 21.4 Å². The molecule has 3 aromatic carbocycles. The Labute approximate surface area is 269 Å². The average Bonchev–Trinajstić information content (AvgIpc) is 3.07. The van der Waals surface area contributed by atoms with Crippen LogP contribution in [0.15, 0.2) is 97.1 Å². The molecule has 45 heavy (non-hydrogen) atoms. The number of anilines is 1. The van der Waals surface area contributed by atoms with Crippen LogP contribution in [0, 0.1) is 0 Å². The van der Waals surface area contributed by atoms with Crippen molar-refractivity contribution in [2.24, 2.45) is 0 Å². The largest absolute Gasteiger partial charge is 0.483 e. The minimum atomic E-state index is -1.02. The molecule has 4 rings (SSSR count). The number of carbonyl (C=O) groups is 3. The highest BCUT2D eigenvalue weighted by Crippen LogP contribution is 2.35. The molecule has 0 saturated heterocycles. The molecule has 2 atom stereocenters. The molecule has 3 aromatic rings. The first-order valence-electron chi connectivity index (χ1n) is 15.0. The highest BCUT2D eigenvalue weighted by atomic mass is 35.5. The van der Waals surface area contributed by atoms with Crippen LogP contribution >= 0.6 is 11.6 Å². The van der Waals surface area contributed by atoms with E-state index in [4.69, 9.17) is 21.1 Å². The van der Waals surface area contributed by atoms with E-state index < -0.39 is 23.5 Å². The molecule has 0 heterocycles. The third kappa shape index (κ3) is 9.71. The predicted octanol–water partition coefficient (Wildman–Crippen LogP) is 7.01. The SMILES string of the molecule is COC(=O)CCCCCNc1ccc(Cl)cc1C(=O)N[C@@H](CC1(Oc2ccccc2)C=CC(c2ccccc2)=CC1)C(=O)OC. The minimum absolute atomic E-state index is 0.124. The topological polar surface area (TPSA) is 103 Å². The molecule has 0 saturated carbocycles. The summed E-state index contributed by atoms with van der Waals surface area (Å²) < 4.78 is 16.4. The third-order valence-corrected chi connectivity index (χ3v) is 7.81. The van der Waals surface area contributed by atoms with E-state index in [0.717, 1.165) is 24.0 Å². The monoisotopic (exact) mass is 630 g/mol. The number of para-hydroxylation sites is 1. The van der Waals surface area contributed by atoms with Gasteiger partial charge in [-0.15, -0.1) is 0 Å². The van der Waals surface area contributed by atoms with Gasteiger partial charge in [0.15, 0.2) is 0 Å². The number of methoxy groups -OCH3 is 2. The van der Waals surface area contributed by atoms with Crippen LogP contribution in [0.1, 0.15) is 54.4 Å². The van der Waals surface area contributed by atoms with Gasteiger partial charge in [0, 0.05) is 36.5 Å². The van der Waals surface area contributed by atoms with Crippen LogP contribution in [-0.2, 0) is 19.1 Å². The van der Waals surface area contributed by atoms with Gasteiger partial charge in [-0.3, -0.25) is 9.59 Å². The Bertz CT molecular complexity index is 1510. The first-order valence-corrected chi connectivity index (χ1v) is 15.4. The number of carbonyl (C=O) groups excluding carboxylic acids is 3. The smallest absolute Gasteiger partial charge is 0.328 e. The molecule has 9 heteroatoms. The van der Waals surface area contributed by atoms with Gasteiger partial charge in [-0.25, -0.2) is 4.79 Å². The van der Waals surface area contributed by atoms with Crippen LogP contribution in [0.3, 0.4) is 0 Å². The lowest BCUT2D eigenvalue weighted by Crippen LogP contribution is -2.49. The van der Waals surface area contributed by atoms with Crippen molar-refractivity contribution in [3.8, 4) is 5.75 Å². The summed E-state index contributed by atoms with van der Waals surface area (Å²) in [5.41, 5.74) is 2.06. The van der Waals surface area contributed by atoms with Crippen LogP contribution in [0.25, 0.3) is 5.57 Å². The second-order valence-corrected chi connectivity index (χ2v) is 11.2. The van der Waals surface area contributed by atoms with Crippen LogP contribution in [0.4, 0.5) is 5.69 Å². The molecule has 0 fully saturated rings. The summed E-state index contributed by atoms with van der Waals surface area (Å²) in [4.78, 5) is 38.2. The maximum Gasteiger partial charge on any atom is 0.328 e. The predicted molar refractivity (Wildman–Crippen MR) is 176 cm³/mol. The molecule has 0 aromatic heterocycles. The van der Waals surface area contributed by atoms with Crippen molar-refractivity contribution in [1.82, 2.24) is 5.32 Å². The van der Waals surface area contributed by atoms with E-state index in [1.165, 1.54) is 14.2 Å². The number of ether oxygens (including phenoxy) is 3. The van der Waals surface area contributed by atoms with E-state index in [9.17, 15) is 14.4 Å². The number of benzene rings is 3. The molecule has 1 aliphatic carbocycles. The van der Waals surface area contributed by atoms with Crippen LogP contribution in [-0.4, -0.2) is 50.3 Å². The normalized spacial score (nSPS) is 16.2. The Morgan fingerprint density at radius 3 is 2.31 bits per heavy atom. The lowest BCUT2D eigenvalue weighted by Gasteiger charge is -2.36. The minimum Gasteiger partial charge on any atom is -0.483 e. The van der Waals surface area contributed by atoms with Crippen molar-refractivity contribution in [3.05, 3.63) is 113 Å². The van der Waals surface area contributed by atoms with Gasteiger partial charge >= 0.3 is 11.9 Å². The summed E-state index contributed by atoms with van der Waals surface area (Å²) in [6.07, 6.45) is 9.30. The highest BCUT2D eigenvalue weighted by Gasteiger charge is 2.38. The lowest BCUT2D eigenvalue weighted by molar-refractivity contribution is -0.144. The zero-order valence-corrected chi connectivity index (χ0v) is 26.3. The molecule has 0 bridgehead atoms. The van der Waals surface area contributed by atoms with Gasteiger partial charge in [-0.2, -0.15) is 0 Å². The average molecular weight is 631 g/mol. The molecule has 1 aliphatic rings. The lowest BCUT2D eigenvalue weighted by atomic mass is 9.84. The molecular weight excluding hydrogens is 592 g/mol. The Hall–Kier alpha value is -4.56. The number of hydrogen-bond acceptors (Lipinski definition) is 7. The van der Waals surface area contributed by atoms with Crippen molar-refractivity contribution in [3.63, 3.8) is 0 Å². The Morgan fingerprint density at radius 2 is 1.64 bits per heavy atom. The summed E-state index contributed by atoms with van der Waals surface area (Å²) in [6.45, 7) is 0.582. The zero-order chi connectivity index (χ0) is 32.1. The Morgan fingerprint density at radius 1 is 0.911 bits per heavy atom. The maximum atomic E-state index is 13.7. The van der Waals surface area contributed by atoms with Gasteiger partial charge in [-0.05, 0) is 60.4 Å². The summed E-state index contributed by atoms with van der Waals surface area (Å²) in [5.74, 6) is -0.655. The molecule has 1 unspecified atom stereocenters. The van der Waals surface area contributed by atoms with E-state index in [0.29, 0.717) is 47.8 Å². The van der Waals surface area contributed by atoms with Crippen molar-refractivity contribution >= 4 is 40.7 Å². The van der Waals surface area contributed by atoms with E-state index >= 15 is 0 Å². The zero-order valence-electron chi connectivity index (χ0n) is 25.6. The summed E-state index contributed by atoms with van der Waals surface area (Å²) in [7, 11) is 2.67. The van der Waals surface area contributed by atoms with Gasteiger partial charge in [-0.1, -0.05) is 78.7 Å². The second-order valence-electron chi connectivity index (χ2n) is 10.8. The molecular formula is C36H39ClN2O6. The van der Waals surface area contributed by atoms with Crippen LogP contribution < -0.4 is 15.4 Å². The quantitative estimate of drug-likeness (QED) is 0.138. The fourth-order valence-electron chi connectivity index (χ4n) is 5.17. The summed E-state index contributed by atoms with van der Waals surface area (Å²) >= 11 is 6.29. The molecule has 8 nitrogen and oxygen atoms in total. The maximum absolute atomic E-state index is 13.7. The number of halogens is 1. The molecule has 0 spiro atoms. The van der Waals surface area contributed by atoms with Gasteiger partial charge < -0.3 is 24.8 Å². The van der Waals surface area contributed by atoms with E-state index in [1.807, 2.05) is 72.8 Å². The number of hydrogen-bond donors (Lipinski definition) is 2. The van der Waals surface area contributed by atoms with Crippen molar-refractivity contribution in [1.29, 1.82) is 0 Å². The van der Waals surface area contributed by atoms with E-state index in [1.54, 1.807) is 18.2 Å². The number of unbranched alkanes of at least 4 members (excludes halogenated alkanes) is 2. The van der Waals surface area contributed by atoms with Gasteiger partial charge in [0.1, 0.15) is 17.4 Å². The Kier molecular flexibility index (Phi) is 12.2. The molecule has 0 radical (unpaired) electrons. The summed E-state index contributed by atoms with van der Waals surface area (Å²) in [6, 6.07) is 23.4. The standard InChI is InChI=1S/C36H39ClN2O6/c1-43-33(40)16-10-5-11-23-38-31-18-17-28(37)24-30(31)34(41)39-32(35(42)44-2)25-36(45-29-14-8-4-9-15-29)21-19-27(20-22-36)26-12-6-3-7-13-26/h3-4,6-9,12-15,17-21,24,32,38H,5,10-11,16,22-23,25H2,1-2H3,(H,39,41)/t32-,36?/m0/s1. The second kappa shape index (κ2) is 16.5. The summed E-state index contributed by atoms with van der Waals surface area (Å²) in [5, 5.41) is 6.56. The van der Waals surface area contributed by atoms with Crippen molar-refractivity contribution in [2.45, 2.75) is 50.2 Å². The van der Waals surface area contributed by atoms with Gasteiger partial charge in [0.2, 0.25) is 0 Å². The first-order chi connectivity index (χ1) is 21.8. The van der Waals surface area contributed by atoms with Crippen LogP contribution in [0.2, 0.25) is 5.02 Å². The van der Waals surface area contributed by atoms with Gasteiger partial charge in [0.25, 0.3) is 5.91 Å². The number of rotatable bonds is 15. The first kappa shape index (κ1) is 33.3. The number of nitrogens with one attached hydrogen (secondary N) is 2. The number of allylic oxidation sites excluding steroid dienone is 2. The highest BCUT2D eigenvalue weighted by molar-refractivity contribution is 6.31. The number of esters is 2. The third-order valence-electron chi connectivity index (χ3n) is 7.57. The molecule has 236 valence electrons. The van der Waals surface area contributed by atoms with Crippen molar-refractivity contribution < 1.29 is 28.6 Å². The van der Waals surface area contributed by atoms with Crippen LogP contribution in [0.5, 0.6) is 5.75 Å². The van der Waals surface area contributed by atoms with E-state index in [-0.39, 0.29) is 12.4 Å². The van der Waals surface area contributed by atoms with Crippen molar-refractivity contribution in [2.75, 3.05) is 26.1 Å². The van der Waals surface area contributed by atoms with Gasteiger partial charge in [0.05, 0.1) is 19.8 Å². The number of amides is 1. The fourth-order valence-corrected chi connectivity index (χ4v) is 5.34. The molecule has 0 aliphatic heterocycles. The molecule has 1 amide bonds.